The lowest BCUT2D eigenvalue weighted by atomic mass is 10.0. The molecule has 150 valence electrons. The number of amides is 1. The third-order valence-corrected chi connectivity index (χ3v) is 4.74. The minimum atomic E-state index is -0.540. The van der Waals surface area contributed by atoms with Crippen LogP contribution < -0.4 is 10.1 Å². The van der Waals surface area contributed by atoms with E-state index in [-0.39, 0.29) is 0 Å². The zero-order valence-corrected chi connectivity index (χ0v) is 17.0. The Morgan fingerprint density at radius 3 is 2.59 bits per heavy atom. The molecule has 3 aromatic rings. The number of fused-ring (bicyclic) bond motifs is 1. The predicted molar refractivity (Wildman–Crippen MR) is 113 cm³/mol. The van der Waals surface area contributed by atoms with Crippen molar-refractivity contribution in [3.05, 3.63) is 64.8 Å². The normalized spacial score (nSPS) is 10.6. The van der Waals surface area contributed by atoms with Gasteiger partial charge in [0.2, 0.25) is 0 Å². The van der Waals surface area contributed by atoms with Crippen molar-refractivity contribution in [2.24, 2.45) is 0 Å². The highest BCUT2D eigenvalue weighted by atomic mass is 16.5. The highest BCUT2D eigenvalue weighted by molar-refractivity contribution is 6.06. The molecule has 3 rings (SSSR count). The number of ether oxygens (including phenoxy) is 2. The third kappa shape index (κ3) is 4.37. The number of anilines is 1. The van der Waals surface area contributed by atoms with Gasteiger partial charge in [-0.1, -0.05) is 31.2 Å². The number of hydrogen-bond donors (Lipinski definition) is 1. The zero-order valence-electron chi connectivity index (χ0n) is 17.0. The summed E-state index contributed by atoms with van der Waals surface area (Å²) in [7, 11) is 1.53. The van der Waals surface area contributed by atoms with Crippen LogP contribution in [0.3, 0.4) is 0 Å². The van der Waals surface area contributed by atoms with Crippen LogP contribution in [0.5, 0.6) is 5.75 Å². The van der Waals surface area contributed by atoms with Gasteiger partial charge in [-0.2, -0.15) is 0 Å². The van der Waals surface area contributed by atoms with Crippen LogP contribution in [0.25, 0.3) is 10.9 Å². The molecule has 1 N–H and O–H groups in total. The average Bonchev–Trinajstić information content (AvgIpc) is 2.71. The van der Waals surface area contributed by atoms with Crippen molar-refractivity contribution in [3.8, 4) is 5.75 Å². The molecule has 0 aliphatic rings. The Bertz CT molecular complexity index is 1080. The summed E-state index contributed by atoms with van der Waals surface area (Å²) in [5, 5.41) is 3.45. The zero-order chi connectivity index (χ0) is 21.0. The van der Waals surface area contributed by atoms with Crippen LogP contribution >= 0.6 is 0 Å². The highest BCUT2D eigenvalue weighted by Gasteiger charge is 2.20. The van der Waals surface area contributed by atoms with Gasteiger partial charge in [-0.15, -0.1) is 0 Å². The molecule has 1 aromatic heterocycles. The molecule has 0 radical (unpaired) electrons. The topological polar surface area (TPSA) is 77.5 Å². The van der Waals surface area contributed by atoms with E-state index in [2.05, 4.69) is 10.3 Å². The number of nitrogens with one attached hydrogen (secondary N) is 1. The second kappa shape index (κ2) is 8.73. The number of esters is 1. The molecule has 6 heteroatoms. The maximum Gasteiger partial charge on any atom is 0.339 e. The van der Waals surface area contributed by atoms with Gasteiger partial charge in [0.15, 0.2) is 6.61 Å². The molecule has 0 aliphatic heterocycles. The number of para-hydroxylation sites is 1. The summed E-state index contributed by atoms with van der Waals surface area (Å²) in [5.74, 6) is -0.435. The van der Waals surface area contributed by atoms with E-state index in [0.717, 1.165) is 22.3 Å². The van der Waals surface area contributed by atoms with Crippen LogP contribution in [-0.4, -0.2) is 30.6 Å². The molecule has 0 saturated heterocycles. The van der Waals surface area contributed by atoms with Crippen molar-refractivity contribution in [1.82, 2.24) is 4.98 Å². The fourth-order valence-corrected chi connectivity index (χ4v) is 3.27. The number of aromatic nitrogens is 1. The maximum atomic E-state index is 12.8. The van der Waals surface area contributed by atoms with Crippen LogP contribution in [0.4, 0.5) is 5.69 Å². The smallest absolute Gasteiger partial charge is 0.339 e. The van der Waals surface area contributed by atoms with Gasteiger partial charge in [0.25, 0.3) is 5.91 Å². The molecular weight excluding hydrogens is 368 g/mol. The van der Waals surface area contributed by atoms with Gasteiger partial charge in [0.1, 0.15) is 5.75 Å². The minimum Gasteiger partial charge on any atom is -0.495 e. The van der Waals surface area contributed by atoms with Gasteiger partial charge in [-0.05, 0) is 49.6 Å². The van der Waals surface area contributed by atoms with E-state index >= 15 is 0 Å². The molecule has 1 heterocycles. The van der Waals surface area contributed by atoms with Gasteiger partial charge in [-0.3, -0.25) is 9.78 Å². The lowest BCUT2D eigenvalue weighted by molar-refractivity contribution is -0.119. The van der Waals surface area contributed by atoms with Gasteiger partial charge < -0.3 is 14.8 Å². The summed E-state index contributed by atoms with van der Waals surface area (Å²) in [4.78, 5) is 29.8. The molecule has 0 atom stereocenters. The van der Waals surface area contributed by atoms with Crippen LogP contribution in [0, 0.1) is 13.8 Å². The number of pyridine rings is 1. The van der Waals surface area contributed by atoms with Gasteiger partial charge >= 0.3 is 5.97 Å². The van der Waals surface area contributed by atoms with Gasteiger partial charge in [0.05, 0.1) is 23.9 Å². The molecule has 0 unspecified atom stereocenters. The molecule has 0 saturated carbocycles. The third-order valence-electron chi connectivity index (χ3n) is 4.74. The van der Waals surface area contributed by atoms with Crippen molar-refractivity contribution >= 4 is 28.5 Å². The Kier molecular flexibility index (Phi) is 6.12. The Morgan fingerprint density at radius 2 is 1.86 bits per heavy atom. The largest absolute Gasteiger partial charge is 0.495 e. The lowest BCUT2D eigenvalue weighted by Crippen LogP contribution is -2.22. The summed E-state index contributed by atoms with van der Waals surface area (Å²) in [5.41, 5.74) is 4.31. The van der Waals surface area contributed by atoms with Crippen molar-refractivity contribution in [2.45, 2.75) is 27.2 Å². The maximum absolute atomic E-state index is 12.8. The fourth-order valence-electron chi connectivity index (χ4n) is 3.27. The minimum absolute atomic E-state index is 0.395. The van der Waals surface area contributed by atoms with E-state index in [1.807, 2.05) is 51.1 Å². The second-order valence-corrected chi connectivity index (χ2v) is 6.76. The Labute approximate surface area is 169 Å². The first-order valence-electron chi connectivity index (χ1n) is 9.44. The number of methoxy groups -OCH3 is 1. The van der Waals surface area contributed by atoms with Crippen LogP contribution in [0.2, 0.25) is 0 Å². The monoisotopic (exact) mass is 392 g/mol. The van der Waals surface area contributed by atoms with Crippen molar-refractivity contribution in [1.29, 1.82) is 0 Å². The number of nitrogens with zero attached hydrogens (tertiary/aromatic N) is 1. The summed E-state index contributed by atoms with van der Waals surface area (Å²) in [6, 6.07) is 12.9. The van der Waals surface area contributed by atoms with Crippen molar-refractivity contribution in [2.75, 3.05) is 19.0 Å². The van der Waals surface area contributed by atoms with Crippen molar-refractivity contribution in [3.63, 3.8) is 0 Å². The molecule has 0 bridgehead atoms. The quantitative estimate of drug-likeness (QED) is 0.636. The van der Waals surface area contributed by atoms with Gasteiger partial charge in [-0.25, -0.2) is 4.79 Å². The van der Waals surface area contributed by atoms with Crippen LogP contribution in [0.15, 0.2) is 42.5 Å². The molecule has 0 spiro atoms. The average molecular weight is 392 g/mol. The molecular formula is C23H24N2O4. The molecule has 1 amide bonds. The number of aryl methyl sites for hydroxylation is 2. The molecule has 29 heavy (non-hydrogen) atoms. The van der Waals surface area contributed by atoms with E-state index in [0.29, 0.717) is 28.8 Å². The first-order chi connectivity index (χ1) is 13.9. The SMILES string of the molecule is CCc1nc2ccccc2c(C(=O)OCC(=O)Nc2cc(C)ccc2OC)c1C. The van der Waals surface area contributed by atoms with E-state index in [1.54, 1.807) is 12.1 Å². The number of benzene rings is 2. The van der Waals surface area contributed by atoms with E-state index in [1.165, 1.54) is 7.11 Å². The lowest BCUT2D eigenvalue weighted by Gasteiger charge is -2.14. The van der Waals surface area contributed by atoms with Crippen LogP contribution in [0.1, 0.15) is 34.1 Å². The summed E-state index contributed by atoms with van der Waals surface area (Å²) >= 11 is 0. The summed E-state index contributed by atoms with van der Waals surface area (Å²) < 4.78 is 10.6. The summed E-state index contributed by atoms with van der Waals surface area (Å²) in [6.07, 6.45) is 0.699. The second-order valence-electron chi connectivity index (χ2n) is 6.76. The highest BCUT2D eigenvalue weighted by Crippen LogP contribution is 2.26. The Balaban J connectivity index is 1.79. The summed E-state index contributed by atoms with van der Waals surface area (Å²) in [6.45, 7) is 5.36. The number of carbonyl (C=O) groups is 2. The predicted octanol–water partition coefficient (Wildman–Crippen LogP) is 4.22. The standard InChI is InChI=1S/C23H24N2O4/c1-5-17-15(3)22(16-8-6-7-9-18(16)24-17)23(27)29-13-21(26)25-19-12-14(2)10-11-20(19)28-4/h6-12H,5,13H2,1-4H3,(H,25,26). The molecule has 0 aliphatic carbocycles. The molecule has 0 fully saturated rings. The number of rotatable bonds is 6. The molecule has 2 aromatic carbocycles. The Morgan fingerprint density at radius 1 is 1.10 bits per heavy atom. The first kappa shape index (κ1) is 20.3. The van der Waals surface area contributed by atoms with E-state index < -0.39 is 18.5 Å². The number of carbonyl (C=O) groups excluding carboxylic acids is 2. The van der Waals surface area contributed by atoms with Crippen molar-refractivity contribution < 1.29 is 19.1 Å². The Hall–Kier alpha value is -3.41. The van der Waals surface area contributed by atoms with E-state index in [4.69, 9.17) is 9.47 Å². The van der Waals surface area contributed by atoms with Crippen LogP contribution in [-0.2, 0) is 16.0 Å². The first-order valence-corrected chi connectivity index (χ1v) is 9.44. The van der Waals surface area contributed by atoms with Gasteiger partial charge in [0, 0.05) is 11.1 Å². The fraction of sp³-hybridized carbons (Fsp3) is 0.261. The number of hydrogen-bond acceptors (Lipinski definition) is 5. The molecule has 6 nitrogen and oxygen atoms in total. The van der Waals surface area contributed by atoms with E-state index in [9.17, 15) is 9.59 Å².